The Balaban J connectivity index is 3.79. The standard InChI is InChI=1S/C13H25NO/c1-12(2,3)8-7-9-14-11(15)10-13(4,5)6/h7-8H,9-10H2,1-6H3,(H,14,15)/b8-7+. The van der Waals surface area contributed by atoms with Crippen molar-refractivity contribution in [2.24, 2.45) is 10.8 Å². The smallest absolute Gasteiger partial charge is 0.220 e. The van der Waals surface area contributed by atoms with E-state index in [-0.39, 0.29) is 16.7 Å². The minimum atomic E-state index is 0.0673. The number of hydrogen-bond acceptors (Lipinski definition) is 1. The third-order valence-corrected chi connectivity index (χ3v) is 1.73. The summed E-state index contributed by atoms with van der Waals surface area (Å²) in [6.07, 6.45) is 4.71. The van der Waals surface area contributed by atoms with E-state index in [4.69, 9.17) is 0 Å². The second-order valence-electron chi connectivity index (χ2n) is 6.31. The molecule has 0 heterocycles. The first kappa shape index (κ1) is 14.2. The lowest BCUT2D eigenvalue weighted by atomic mass is 9.92. The first-order valence-corrected chi connectivity index (χ1v) is 5.55. The highest BCUT2D eigenvalue weighted by Gasteiger charge is 2.14. The quantitative estimate of drug-likeness (QED) is 0.714. The maximum Gasteiger partial charge on any atom is 0.220 e. The first-order chi connectivity index (χ1) is 6.60. The third kappa shape index (κ3) is 11.1. The Hall–Kier alpha value is -0.790. The van der Waals surface area contributed by atoms with E-state index in [1.54, 1.807) is 0 Å². The van der Waals surface area contributed by atoms with Gasteiger partial charge in [-0.25, -0.2) is 0 Å². The van der Waals surface area contributed by atoms with Crippen LogP contribution in [-0.2, 0) is 4.79 Å². The molecule has 0 aliphatic carbocycles. The third-order valence-electron chi connectivity index (χ3n) is 1.73. The van der Waals surface area contributed by atoms with Crippen LogP contribution in [0.4, 0.5) is 0 Å². The molecular formula is C13H25NO. The molecule has 0 aromatic carbocycles. The number of hydrogen-bond donors (Lipinski definition) is 1. The molecule has 15 heavy (non-hydrogen) atoms. The predicted octanol–water partition coefficient (Wildman–Crippen LogP) is 3.14. The molecule has 0 rings (SSSR count). The molecule has 2 heteroatoms. The van der Waals surface area contributed by atoms with E-state index in [0.717, 1.165) is 0 Å². The Labute approximate surface area is 94.1 Å². The number of rotatable bonds is 3. The number of amides is 1. The molecule has 0 radical (unpaired) electrons. The molecule has 1 amide bonds. The second-order valence-corrected chi connectivity index (χ2v) is 6.31. The Morgan fingerprint density at radius 3 is 2.07 bits per heavy atom. The Bertz CT molecular complexity index is 228. The topological polar surface area (TPSA) is 29.1 Å². The Morgan fingerprint density at radius 2 is 1.67 bits per heavy atom. The van der Waals surface area contributed by atoms with E-state index >= 15 is 0 Å². The van der Waals surface area contributed by atoms with Crippen molar-refractivity contribution in [3.05, 3.63) is 12.2 Å². The van der Waals surface area contributed by atoms with Gasteiger partial charge in [-0.05, 0) is 10.8 Å². The van der Waals surface area contributed by atoms with Gasteiger partial charge >= 0.3 is 0 Å². The molecule has 0 atom stereocenters. The molecule has 0 spiro atoms. The van der Waals surface area contributed by atoms with Crippen LogP contribution in [0.5, 0.6) is 0 Å². The van der Waals surface area contributed by atoms with Crippen molar-refractivity contribution in [3.63, 3.8) is 0 Å². The fraction of sp³-hybridized carbons (Fsp3) is 0.769. The highest BCUT2D eigenvalue weighted by molar-refractivity contribution is 5.76. The van der Waals surface area contributed by atoms with Crippen LogP contribution < -0.4 is 5.32 Å². The van der Waals surface area contributed by atoms with E-state index < -0.39 is 0 Å². The van der Waals surface area contributed by atoms with Gasteiger partial charge in [-0.1, -0.05) is 53.7 Å². The van der Waals surface area contributed by atoms with E-state index in [2.05, 4.69) is 52.9 Å². The summed E-state index contributed by atoms with van der Waals surface area (Å²) in [5.41, 5.74) is 0.257. The minimum Gasteiger partial charge on any atom is -0.353 e. The van der Waals surface area contributed by atoms with Crippen LogP contribution in [0.25, 0.3) is 0 Å². The number of carbonyl (C=O) groups excluding carboxylic acids is 1. The molecule has 1 N–H and O–H groups in total. The zero-order valence-corrected chi connectivity index (χ0v) is 11.0. The summed E-state index contributed by atoms with van der Waals surface area (Å²) in [4.78, 5) is 11.4. The molecule has 0 aliphatic rings. The van der Waals surface area contributed by atoms with Gasteiger partial charge in [0.05, 0.1) is 0 Å². The number of allylic oxidation sites excluding steroid dienone is 1. The second kappa shape index (κ2) is 5.34. The normalized spacial score (nSPS) is 13.2. The SMILES string of the molecule is CC(C)(C)/C=C/CNC(=O)CC(C)(C)C. The van der Waals surface area contributed by atoms with Crippen LogP contribution in [0, 0.1) is 10.8 Å². The van der Waals surface area contributed by atoms with Crippen LogP contribution >= 0.6 is 0 Å². The fourth-order valence-electron chi connectivity index (χ4n) is 1.13. The largest absolute Gasteiger partial charge is 0.353 e. The van der Waals surface area contributed by atoms with E-state index in [1.165, 1.54) is 0 Å². The van der Waals surface area contributed by atoms with Gasteiger partial charge in [0.25, 0.3) is 0 Å². The first-order valence-electron chi connectivity index (χ1n) is 5.55. The fourth-order valence-corrected chi connectivity index (χ4v) is 1.13. The average Bonchev–Trinajstić information content (AvgIpc) is 1.92. The number of carbonyl (C=O) groups is 1. The Kier molecular flexibility index (Phi) is 5.06. The molecule has 0 fully saturated rings. The molecule has 88 valence electrons. The van der Waals surface area contributed by atoms with E-state index in [9.17, 15) is 4.79 Å². The molecular weight excluding hydrogens is 186 g/mol. The minimum absolute atomic E-state index is 0.0673. The molecule has 0 aromatic heterocycles. The summed E-state index contributed by atoms with van der Waals surface area (Å²) < 4.78 is 0. The molecule has 0 saturated carbocycles. The lowest BCUT2D eigenvalue weighted by molar-refractivity contribution is -0.122. The Morgan fingerprint density at radius 1 is 1.13 bits per heavy atom. The van der Waals surface area contributed by atoms with Gasteiger partial charge in [-0.15, -0.1) is 0 Å². The summed E-state index contributed by atoms with van der Waals surface area (Å²) in [5, 5.41) is 2.89. The van der Waals surface area contributed by atoms with Crippen molar-refractivity contribution in [1.82, 2.24) is 5.32 Å². The van der Waals surface area contributed by atoms with Crippen LogP contribution in [0.2, 0.25) is 0 Å². The molecule has 2 nitrogen and oxygen atoms in total. The summed E-state index contributed by atoms with van der Waals surface area (Å²) in [6, 6.07) is 0. The van der Waals surface area contributed by atoms with Crippen LogP contribution in [0.15, 0.2) is 12.2 Å². The molecule has 0 unspecified atom stereocenters. The molecule has 0 bridgehead atoms. The predicted molar refractivity (Wildman–Crippen MR) is 65.7 cm³/mol. The van der Waals surface area contributed by atoms with Crippen LogP contribution in [0.1, 0.15) is 48.0 Å². The van der Waals surface area contributed by atoms with Gasteiger partial charge in [-0.3, -0.25) is 4.79 Å². The summed E-state index contributed by atoms with van der Waals surface area (Å²) in [5.74, 6) is 0.126. The van der Waals surface area contributed by atoms with Gasteiger partial charge in [0.2, 0.25) is 5.91 Å². The summed E-state index contributed by atoms with van der Waals surface area (Å²) >= 11 is 0. The van der Waals surface area contributed by atoms with Crippen molar-refractivity contribution in [3.8, 4) is 0 Å². The molecule has 0 aromatic rings. The monoisotopic (exact) mass is 211 g/mol. The zero-order chi connectivity index (χ0) is 12.1. The van der Waals surface area contributed by atoms with E-state index in [0.29, 0.717) is 13.0 Å². The van der Waals surface area contributed by atoms with Crippen LogP contribution in [-0.4, -0.2) is 12.5 Å². The van der Waals surface area contributed by atoms with Crippen LogP contribution in [0.3, 0.4) is 0 Å². The van der Waals surface area contributed by atoms with Crippen molar-refractivity contribution in [2.75, 3.05) is 6.54 Å². The summed E-state index contributed by atoms with van der Waals surface area (Å²) in [6.45, 7) is 13.3. The maximum absolute atomic E-state index is 11.4. The lowest BCUT2D eigenvalue weighted by Gasteiger charge is -2.17. The van der Waals surface area contributed by atoms with Crippen molar-refractivity contribution < 1.29 is 4.79 Å². The summed E-state index contributed by atoms with van der Waals surface area (Å²) in [7, 11) is 0. The van der Waals surface area contributed by atoms with Crippen molar-refractivity contribution in [1.29, 1.82) is 0 Å². The van der Waals surface area contributed by atoms with E-state index in [1.807, 2.05) is 6.08 Å². The van der Waals surface area contributed by atoms with Gasteiger partial charge in [0.15, 0.2) is 0 Å². The zero-order valence-electron chi connectivity index (χ0n) is 11.0. The lowest BCUT2D eigenvalue weighted by Crippen LogP contribution is -2.27. The van der Waals surface area contributed by atoms with Gasteiger partial charge in [0, 0.05) is 13.0 Å². The average molecular weight is 211 g/mol. The van der Waals surface area contributed by atoms with Gasteiger partial charge in [-0.2, -0.15) is 0 Å². The van der Waals surface area contributed by atoms with Crippen molar-refractivity contribution in [2.45, 2.75) is 48.0 Å². The van der Waals surface area contributed by atoms with Crippen molar-refractivity contribution >= 4 is 5.91 Å². The van der Waals surface area contributed by atoms with Gasteiger partial charge < -0.3 is 5.32 Å². The number of nitrogens with one attached hydrogen (secondary N) is 1. The highest BCUT2D eigenvalue weighted by atomic mass is 16.1. The highest BCUT2D eigenvalue weighted by Crippen LogP contribution is 2.17. The molecule has 0 aliphatic heterocycles. The van der Waals surface area contributed by atoms with Gasteiger partial charge in [0.1, 0.15) is 0 Å². The maximum atomic E-state index is 11.4. The molecule has 0 saturated heterocycles.